The zero-order valence-electron chi connectivity index (χ0n) is 33.7. The summed E-state index contributed by atoms with van der Waals surface area (Å²) < 4.78 is 5.08. The lowest BCUT2D eigenvalue weighted by Gasteiger charge is -2.32. The maximum absolute atomic E-state index is 2.52. The summed E-state index contributed by atoms with van der Waals surface area (Å²) in [6.07, 6.45) is 6.72. The van der Waals surface area contributed by atoms with E-state index >= 15 is 0 Å². The average molecular weight is 787 g/mol. The van der Waals surface area contributed by atoms with Gasteiger partial charge in [0, 0.05) is 59.1 Å². The molecule has 0 aliphatic heterocycles. The van der Waals surface area contributed by atoms with E-state index in [1.165, 1.54) is 104 Å². The Kier molecular flexibility index (Phi) is 7.92. The molecule has 0 unspecified atom stereocenters. The Bertz CT molecular complexity index is 3390. The smallest absolute Gasteiger partial charge is 0.0547 e. The average Bonchev–Trinajstić information content (AvgIpc) is 3.92. The molecule has 0 radical (unpaired) electrons. The molecular formula is C57H42N2S. The van der Waals surface area contributed by atoms with Crippen LogP contribution in [0.15, 0.2) is 200 Å². The summed E-state index contributed by atoms with van der Waals surface area (Å²) in [5.41, 5.74) is 17.6. The number of aromatic nitrogens is 1. The van der Waals surface area contributed by atoms with E-state index in [-0.39, 0.29) is 5.41 Å². The summed E-state index contributed by atoms with van der Waals surface area (Å²) in [4.78, 5) is 2.52. The quantitative estimate of drug-likeness (QED) is 0.163. The maximum atomic E-state index is 2.52. The van der Waals surface area contributed by atoms with Gasteiger partial charge in [0.05, 0.1) is 11.0 Å². The molecule has 286 valence electrons. The first-order chi connectivity index (χ1) is 29.5. The van der Waals surface area contributed by atoms with Crippen molar-refractivity contribution < 1.29 is 0 Å². The van der Waals surface area contributed by atoms with E-state index < -0.39 is 0 Å². The van der Waals surface area contributed by atoms with E-state index in [2.05, 4.69) is 217 Å². The number of hydrogen-bond donors (Lipinski definition) is 0. The molecule has 2 aromatic heterocycles. The molecule has 0 atom stereocenters. The molecule has 8 aromatic carbocycles. The molecule has 12 rings (SSSR count). The Balaban J connectivity index is 1.04. The maximum Gasteiger partial charge on any atom is 0.0547 e. The van der Waals surface area contributed by atoms with Crippen LogP contribution in [-0.2, 0) is 5.41 Å². The molecule has 0 saturated carbocycles. The van der Waals surface area contributed by atoms with Crippen molar-refractivity contribution in [3.63, 3.8) is 0 Å². The topological polar surface area (TPSA) is 8.17 Å². The molecule has 10 aromatic rings. The number of anilines is 2. The summed E-state index contributed by atoms with van der Waals surface area (Å²) in [5, 5.41) is 5.21. The Morgan fingerprint density at radius 1 is 0.517 bits per heavy atom. The standard InChI is InChI=1S/C57H42N2S/c1-57(2)49-22-10-6-18-44(49)45-33-32-41(36-50(45)57)58(51-23-11-7-17-42(51)38-29-34-55-48(35-38)46-19-9-13-26-54(46)60-55)40-30-27-37(28-31-40)43-21-14-25-53-56(43)47-20-8-12-24-52(47)59(53)39-15-4-3-5-16-39/h3-6,8-16,18-36H,7,17H2,1-2H3. The number of hydrogen-bond acceptors (Lipinski definition) is 2. The lowest BCUT2D eigenvalue weighted by Crippen LogP contribution is -2.20. The van der Waals surface area contributed by atoms with E-state index in [0.717, 1.165) is 18.5 Å². The van der Waals surface area contributed by atoms with Crippen molar-refractivity contribution in [1.29, 1.82) is 0 Å². The van der Waals surface area contributed by atoms with Gasteiger partial charge in [0.15, 0.2) is 0 Å². The highest BCUT2D eigenvalue weighted by molar-refractivity contribution is 7.25. The first-order valence-electron chi connectivity index (χ1n) is 21.1. The van der Waals surface area contributed by atoms with Crippen LogP contribution < -0.4 is 4.90 Å². The first-order valence-corrected chi connectivity index (χ1v) is 21.9. The molecular weight excluding hydrogens is 745 g/mol. The van der Waals surface area contributed by atoms with Gasteiger partial charge < -0.3 is 9.47 Å². The van der Waals surface area contributed by atoms with E-state index in [4.69, 9.17) is 0 Å². The zero-order valence-corrected chi connectivity index (χ0v) is 34.5. The third-order valence-corrected chi connectivity index (χ3v) is 14.2. The van der Waals surface area contributed by atoms with Crippen molar-refractivity contribution in [3.05, 3.63) is 217 Å². The van der Waals surface area contributed by atoms with Crippen molar-refractivity contribution in [2.24, 2.45) is 0 Å². The van der Waals surface area contributed by atoms with Gasteiger partial charge >= 0.3 is 0 Å². The van der Waals surface area contributed by atoms with Crippen LogP contribution in [0.2, 0.25) is 0 Å². The fourth-order valence-corrected chi connectivity index (χ4v) is 11.3. The van der Waals surface area contributed by atoms with Crippen LogP contribution in [0.1, 0.15) is 43.4 Å². The third kappa shape index (κ3) is 5.32. The summed E-state index contributed by atoms with van der Waals surface area (Å²) in [6, 6.07) is 67.7. The van der Waals surface area contributed by atoms with Crippen LogP contribution in [0.3, 0.4) is 0 Å². The number of benzene rings is 8. The van der Waals surface area contributed by atoms with Crippen LogP contribution in [0.4, 0.5) is 11.4 Å². The minimum atomic E-state index is -0.111. The normalized spacial score (nSPS) is 14.4. The van der Waals surface area contributed by atoms with Gasteiger partial charge in [0.2, 0.25) is 0 Å². The number of allylic oxidation sites excluding steroid dienone is 3. The molecule has 0 saturated heterocycles. The van der Waals surface area contributed by atoms with Gasteiger partial charge in [-0.15, -0.1) is 11.3 Å². The predicted octanol–water partition coefficient (Wildman–Crippen LogP) is 16.0. The monoisotopic (exact) mass is 786 g/mol. The summed E-state index contributed by atoms with van der Waals surface area (Å²) >= 11 is 1.88. The highest BCUT2D eigenvalue weighted by atomic mass is 32.1. The first kappa shape index (κ1) is 35.0. The van der Waals surface area contributed by atoms with Gasteiger partial charge in [-0.25, -0.2) is 0 Å². The number of rotatable bonds is 6. The molecule has 0 amide bonds. The van der Waals surface area contributed by atoms with Gasteiger partial charge in [-0.05, 0) is 130 Å². The summed E-state index contributed by atoms with van der Waals surface area (Å²) in [7, 11) is 0. The largest absolute Gasteiger partial charge is 0.310 e. The molecule has 2 heterocycles. The van der Waals surface area contributed by atoms with Crippen molar-refractivity contribution in [3.8, 4) is 27.9 Å². The number of fused-ring (bicyclic) bond motifs is 9. The Morgan fingerprint density at radius 3 is 2.08 bits per heavy atom. The molecule has 2 aliphatic rings. The van der Waals surface area contributed by atoms with Crippen LogP contribution in [0.25, 0.3) is 75.5 Å². The molecule has 2 aliphatic carbocycles. The van der Waals surface area contributed by atoms with Gasteiger partial charge in [-0.3, -0.25) is 0 Å². The molecule has 0 fully saturated rings. The fraction of sp³-hybridized carbons (Fsp3) is 0.0877. The van der Waals surface area contributed by atoms with Crippen LogP contribution in [0.5, 0.6) is 0 Å². The van der Waals surface area contributed by atoms with E-state index in [9.17, 15) is 0 Å². The third-order valence-electron chi connectivity index (χ3n) is 13.1. The zero-order chi connectivity index (χ0) is 40.0. The van der Waals surface area contributed by atoms with E-state index in [1.54, 1.807) is 0 Å². The molecule has 0 N–H and O–H groups in total. The second kappa shape index (κ2) is 13.6. The molecule has 0 spiro atoms. The second-order valence-electron chi connectivity index (χ2n) is 16.8. The Hall–Kier alpha value is -6.94. The van der Waals surface area contributed by atoms with Gasteiger partial charge in [0.25, 0.3) is 0 Å². The minimum Gasteiger partial charge on any atom is -0.310 e. The molecule has 0 bridgehead atoms. The predicted molar refractivity (Wildman–Crippen MR) is 257 cm³/mol. The van der Waals surface area contributed by atoms with E-state index in [1.807, 2.05) is 11.3 Å². The van der Waals surface area contributed by atoms with Gasteiger partial charge in [0.1, 0.15) is 0 Å². The molecule has 3 heteroatoms. The molecule has 60 heavy (non-hydrogen) atoms. The van der Waals surface area contributed by atoms with Crippen molar-refractivity contribution in [2.45, 2.75) is 32.1 Å². The van der Waals surface area contributed by atoms with Gasteiger partial charge in [-0.2, -0.15) is 0 Å². The Labute approximate surface area is 354 Å². The molecule has 2 nitrogen and oxygen atoms in total. The van der Waals surface area contributed by atoms with Crippen LogP contribution in [-0.4, -0.2) is 4.57 Å². The highest BCUT2D eigenvalue weighted by Gasteiger charge is 2.36. The SMILES string of the molecule is CC1(C)c2ccccc2-c2ccc(N(C3=C(c4ccc5sc6ccccc6c5c4)CCC=C3)c3ccc(-c4cccc5c4c4ccccc4n5-c4ccccc4)cc3)cc21. The van der Waals surface area contributed by atoms with Gasteiger partial charge in [-0.1, -0.05) is 135 Å². The van der Waals surface area contributed by atoms with Crippen molar-refractivity contribution >= 4 is 70.3 Å². The number of nitrogens with zero attached hydrogens (tertiary/aromatic N) is 2. The lowest BCUT2D eigenvalue weighted by atomic mass is 9.82. The summed E-state index contributed by atoms with van der Waals surface area (Å²) in [6.45, 7) is 4.75. The van der Waals surface area contributed by atoms with Crippen LogP contribution in [0, 0.1) is 0 Å². The van der Waals surface area contributed by atoms with Crippen molar-refractivity contribution in [2.75, 3.05) is 4.90 Å². The lowest BCUT2D eigenvalue weighted by molar-refractivity contribution is 0.660. The fourth-order valence-electron chi connectivity index (χ4n) is 10.2. The second-order valence-corrected chi connectivity index (χ2v) is 17.9. The number of thiophene rings is 1. The van der Waals surface area contributed by atoms with E-state index in [0.29, 0.717) is 0 Å². The van der Waals surface area contributed by atoms with Crippen LogP contribution >= 0.6 is 11.3 Å². The Morgan fingerprint density at radius 2 is 1.20 bits per heavy atom. The number of para-hydroxylation sites is 2. The highest BCUT2D eigenvalue weighted by Crippen LogP contribution is 2.51. The minimum absolute atomic E-state index is 0.111. The van der Waals surface area contributed by atoms with Crippen molar-refractivity contribution in [1.82, 2.24) is 4.57 Å². The summed E-state index contributed by atoms with van der Waals surface area (Å²) in [5.74, 6) is 0.